The van der Waals surface area contributed by atoms with E-state index in [2.05, 4.69) is 20.4 Å². The van der Waals surface area contributed by atoms with Gasteiger partial charge < -0.3 is 9.80 Å². The Balaban J connectivity index is 1.19. The molecule has 1 N–H and O–H groups in total. The molecular weight excluding hydrogens is 392 g/mol. The summed E-state index contributed by atoms with van der Waals surface area (Å²) < 4.78 is 0. The minimum absolute atomic E-state index is 0.0469. The number of likely N-dealkylation sites (tertiary alicyclic amines) is 2. The van der Waals surface area contributed by atoms with Crippen LogP contribution in [0.15, 0.2) is 48.8 Å². The van der Waals surface area contributed by atoms with Gasteiger partial charge in [-0.05, 0) is 66.6 Å². The van der Waals surface area contributed by atoms with Crippen molar-refractivity contribution in [2.45, 2.75) is 12.8 Å². The molecule has 2 unspecified atom stereocenters. The first-order chi connectivity index (χ1) is 15.2. The van der Waals surface area contributed by atoms with E-state index in [9.17, 15) is 9.59 Å². The largest absolute Gasteiger partial charge is 0.339 e. The highest BCUT2D eigenvalue weighted by Gasteiger charge is 2.37. The fourth-order valence-electron chi connectivity index (χ4n) is 4.64. The van der Waals surface area contributed by atoms with Gasteiger partial charge in [0.15, 0.2) is 0 Å². The Morgan fingerprint density at radius 2 is 1.65 bits per heavy atom. The zero-order valence-corrected chi connectivity index (χ0v) is 17.1. The number of rotatable bonds is 3. The van der Waals surface area contributed by atoms with Crippen LogP contribution in [0.4, 0.5) is 0 Å². The summed E-state index contributed by atoms with van der Waals surface area (Å²) in [7, 11) is 0. The number of pyridine rings is 1. The topological polar surface area (TPSA) is 95.1 Å². The first-order valence-electron chi connectivity index (χ1n) is 10.6. The fourth-order valence-corrected chi connectivity index (χ4v) is 4.64. The van der Waals surface area contributed by atoms with Crippen molar-refractivity contribution in [1.29, 1.82) is 0 Å². The quantitative estimate of drug-likeness (QED) is 0.662. The molecule has 8 nitrogen and oxygen atoms in total. The van der Waals surface area contributed by atoms with E-state index in [1.807, 2.05) is 40.1 Å². The van der Waals surface area contributed by atoms with Gasteiger partial charge in [0.25, 0.3) is 5.91 Å². The number of hydrogen-bond donors (Lipinski definition) is 1. The molecule has 2 aliphatic rings. The molecule has 0 spiro atoms. The zero-order valence-electron chi connectivity index (χ0n) is 17.1. The van der Waals surface area contributed by atoms with Crippen molar-refractivity contribution in [3.05, 3.63) is 59.9 Å². The molecule has 0 bridgehead atoms. The molecule has 31 heavy (non-hydrogen) atoms. The van der Waals surface area contributed by atoms with E-state index in [0.717, 1.165) is 50.1 Å². The number of benzene rings is 1. The minimum Gasteiger partial charge on any atom is -0.339 e. The minimum atomic E-state index is 0.0469. The van der Waals surface area contributed by atoms with Gasteiger partial charge in [0.1, 0.15) is 11.0 Å². The molecule has 4 heterocycles. The fraction of sp³-hybridized carbons (Fsp3) is 0.348. The third-order valence-corrected chi connectivity index (χ3v) is 6.40. The van der Waals surface area contributed by atoms with Crippen LogP contribution in [0, 0.1) is 11.8 Å². The van der Waals surface area contributed by atoms with Crippen LogP contribution in [0.1, 0.15) is 28.8 Å². The molecule has 3 aromatic rings. The molecule has 2 saturated heterocycles. The molecule has 0 saturated carbocycles. The van der Waals surface area contributed by atoms with Crippen LogP contribution in [-0.2, 0) is 4.79 Å². The summed E-state index contributed by atoms with van der Waals surface area (Å²) in [5.41, 5.74) is 3.07. The summed E-state index contributed by atoms with van der Waals surface area (Å²) in [5.74, 6) is 0.959. The van der Waals surface area contributed by atoms with Crippen LogP contribution in [0.3, 0.4) is 0 Å². The second-order valence-corrected chi connectivity index (χ2v) is 8.27. The number of hydrogen-bond acceptors (Lipinski definition) is 5. The maximum atomic E-state index is 13.0. The first kappa shape index (κ1) is 19.4. The van der Waals surface area contributed by atoms with Crippen molar-refractivity contribution in [2.75, 3.05) is 26.2 Å². The van der Waals surface area contributed by atoms with Crippen LogP contribution < -0.4 is 0 Å². The summed E-state index contributed by atoms with van der Waals surface area (Å²) >= 11 is 0. The lowest BCUT2D eigenvalue weighted by Crippen LogP contribution is -2.33. The number of nitrogens with zero attached hydrogens (tertiary/aromatic N) is 5. The number of H-pyrrole nitrogens is 1. The van der Waals surface area contributed by atoms with Gasteiger partial charge in [-0.2, -0.15) is 15.4 Å². The molecule has 158 valence electrons. The van der Waals surface area contributed by atoms with E-state index in [-0.39, 0.29) is 11.8 Å². The van der Waals surface area contributed by atoms with Gasteiger partial charge in [-0.1, -0.05) is 0 Å². The van der Waals surface area contributed by atoms with Crippen LogP contribution in [0.25, 0.3) is 17.1 Å². The van der Waals surface area contributed by atoms with Gasteiger partial charge >= 0.3 is 0 Å². The first-order valence-corrected chi connectivity index (χ1v) is 10.6. The van der Waals surface area contributed by atoms with Gasteiger partial charge in [0.2, 0.25) is 5.91 Å². The number of aromatic nitrogens is 4. The van der Waals surface area contributed by atoms with Crippen molar-refractivity contribution in [2.24, 2.45) is 11.8 Å². The van der Waals surface area contributed by atoms with E-state index in [4.69, 9.17) is 0 Å². The van der Waals surface area contributed by atoms with Crippen molar-refractivity contribution >= 4 is 28.9 Å². The summed E-state index contributed by atoms with van der Waals surface area (Å²) in [6.07, 6.45) is 8.76. The average molecular weight is 416 g/mol. The van der Waals surface area contributed by atoms with Crippen LogP contribution in [-0.4, -0.2) is 68.2 Å². The second kappa shape index (κ2) is 8.29. The van der Waals surface area contributed by atoms with Crippen molar-refractivity contribution in [3.8, 4) is 0 Å². The molecule has 2 aliphatic heterocycles. The molecule has 0 aliphatic carbocycles. The molecule has 5 rings (SSSR count). The highest BCUT2D eigenvalue weighted by Crippen LogP contribution is 2.33. The third-order valence-electron chi connectivity index (χ3n) is 6.40. The monoisotopic (exact) mass is 416 g/mol. The van der Waals surface area contributed by atoms with Crippen molar-refractivity contribution < 1.29 is 9.59 Å². The number of aromatic amines is 1. The Morgan fingerprint density at radius 1 is 0.935 bits per heavy atom. The molecule has 1 aromatic carbocycles. The molecular formula is C23H24N6O2. The highest BCUT2D eigenvalue weighted by atomic mass is 16.2. The lowest BCUT2D eigenvalue weighted by Gasteiger charge is -2.21. The molecule has 0 radical (unpaired) electrons. The standard InChI is InChI=1S/C23H24N6O2/c30-22(4-1-16-5-9-24-10-6-16)28-11-7-18-14-29(15-19(18)8-12-28)23(31)17-2-3-20-21(13-17)26-27-25-20/h1-6,9-10,13,18-19H,7-8,11-12,14-15H2,(H,25,26,27). The number of nitrogens with one attached hydrogen (secondary N) is 1. The van der Waals surface area contributed by atoms with Crippen LogP contribution in [0.2, 0.25) is 0 Å². The van der Waals surface area contributed by atoms with Gasteiger partial charge in [-0.25, -0.2) is 0 Å². The molecule has 2 fully saturated rings. The number of carbonyl (C=O) groups is 2. The Morgan fingerprint density at radius 3 is 2.39 bits per heavy atom. The second-order valence-electron chi connectivity index (χ2n) is 8.27. The van der Waals surface area contributed by atoms with Gasteiger partial charge in [0.05, 0.1) is 0 Å². The maximum Gasteiger partial charge on any atom is 0.253 e. The summed E-state index contributed by atoms with van der Waals surface area (Å²) in [6.45, 7) is 2.95. The van der Waals surface area contributed by atoms with Gasteiger partial charge in [-0.3, -0.25) is 14.6 Å². The SMILES string of the molecule is O=C(C=Cc1ccncc1)N1CCC2CN(C(=O)c3ccc4n[nH]nc4c3)CC2CC1. The van der Waals surface area contributed by atoms with Crippen LogP contribution >= 0.6 is 0 Å². The zero-order chi connectivity index (χ0) is 21.2. The molecule has 2 atom stereocenters. The van der Waals surface area contributed by atoms with E-state index < -0.39 is 0 Å². The van der Waals surface area contributed by atoms with Crippen molar-refractivity contribution in [3.63, 3.8) is 0 Å². The van der Waals surface area contributed by atoms with E-state index in [1.54, 1.807) is 24.5 Å². The lowest BCUT2D eigenvalue weighted by atomic mass is 9.92. The predicted octanol–water partition coefficient (Wildman–Crippen LogP) is 2.38. The third kappa shape index (κ3) is 4.05. The Kier molecular flexibility index (Phi) is 5.19. The summed E-state index contributed by atoms with van der Waals surface area (Å²) in [6, 6.07) is 9.19. The lowest BCUT2D eigenvalue weighted by molar-refractivity contribution is -0.126. The number of fused-ring (bicyclic) bond motifs is 2. The predicted molar refractivity (Wildman–Crippen MR) is 116 cm³/mol. The Hall–Kier alpha value is -3.55. The molecule has 2 amide bonds. The highest BCUT2D eigenvalue weighted by molar-refractivity contribution is 5.97. The van der Waals surface area contributed by atoms with Gasteiger partial charge in [0, 0.05) is 50.2 Å². The van der Waals surface area contributed by atoms with Crippen molar-refractivity contribution in [1.82, 2.24) is 30.2 Å². The number of carbonyl (C=O) groups excluding carboxylic acids is 2. The van der Waals surface area contributed by atoms with E-state index >= 15 is 0 Å². The molecule has 2 aromatic heterocycles. The number of amides is 2. The van der Waals surface area contributed by atoms with E-state index in [0.29, 0.717) is 22.9 Å². The summed E-state index contributed by atoms with van der Waals surface area (Å²) in [5, 5.41) is 10.7. The van der Waals surface area contributed by atoms with Gasteiger partial charge in [-0.15, -0.1) is 0 Å². The Labute approximate surface area is 179 Å². The Bertz CT molecular complexity index is 1110. The van der Waals surface area contributed by atoms with E-state index in [1.165, 1.54) is 0 Å². The molecule has 8 heteroatoms. The maximum absolute atomic E-state index is 13.0. The van der Waals surface area contributed by atoms with Crippen LogP contribution in [0.5, 0.6) is 0 Å². The summed E-state index contributed by atoms with van der Waals surface area (Å²) in [4.78, 5) is 33.5. The average Bonchev–Trinajstić information content (AvgIpc) is 3.39. The normalized spacial score (nSPS) is 21.4. The smallest absolute Gasteiger partial charge is 0.253 e.